The number of hydrogen-bond acceptors (Lipinski definition) is 3. The van der Waals surface area contributed by atoms with Crippen molar-refractivity contribution in [3.8, 4) is 0 Å². The van der Waals surface area contributed by atoms with Gasteiger partial charge in [-0.05, 0) is 55.1 Å². The van der Waals surface area contributed by atoms with Crippen molar-refractivity contribution in [3.05, 3.63) is 0 Å². The molecule has 3 rings (SSSR count). The van der Waals surface area contributed by atoms with E-state index in [4.69, 9.17) is 4.74 Å². The summed E-state index contributed by atoms with van der Waals surface area (Å²) >= 11 is 2.02. The Morgan fingerprint density at radius 3 is 2.74 bits per heavy atom. The van der Waals surface area contributed by atoms with E-state index in [0.29, 0.717) is 17.3 Å². The molecule has 4 unspecified atom stereocenters. The van der Waals surface area contributed by atoms with E-state index >= 15 is 0 Å². The fraction of sp³-hybridized carbons (Fsp3) is 1.00. The Bertz CT molecular complexity index is 323. The number of hydrogen-bond donors (Lipinski definition) is 1. The van der Waals surface area contributed by atoms with Crippen molar-refractivity contribution in [2.45, 2.75) is 64.1 Å². The average molecular weight is 284 g/mol. The van der Waals surface area contributed by atoms with E-state index in [1.54, 1.807) is 0 Å². The van der Waals surface area contributed by atoms with Crippen LogP contribution in [-0.2, 0) is 4.74 Å². The third-order valence-electron chi connectivity index (χ3n) is 5.83. The molecule has 0 aromatic carbocycles. The highest BCUT2D eigenvalue weighted by molar-refractivity contribution is 7.99. The fourth-order valence-corrected chi connectivity index (χ4v) is 5.91. The predicted octanol–water partition coefficient (Wildman–Crippen LogP) is 3.48. The van der Waals surface area contributed by atoms with Crippen LogP contribution < -0.4 is 0 Å². The Labute approximate surface area is 121 Å². The molecule has 110 valence electrons. The Balaban J connectivity index is 1.68. The second kappa shape index (κ2) is 5.23. The fourth-order valence-electron chi connectivity index (χ4n) is 4.54. The Morgan fingerprint density at radius 2 is 2.11 bits per heavy atom. The van der Waals surface area contributed by atoms with Crippen LogP contribution >= 0.6 is 11.8 Å². The lowest BCUT2D eigenvalue weighted by Gasteiger charge is -2.43. The summed E-state index contributed by atoms with van der Waals surface area (Å²) < 4.78 is 6.09. The molecule has 4 atom stereocenters. The summed E-state index contributed by atoms with van der Waals surface area (Å²) in [5.41, 5.74) is 0.437. The first kappa shape index (κ1) is 14.2. The predicted molar refractivity (Wildman–Crippen MR) is 80.5 cm³/mol. The van der Waals surface area contributed by atoms with Gasteiger partial charge in [0, 0.05) is 12.4 Å². The molecular weight excluding hydrogens is 256 g/mol. The van der Waals surface area contributed by atoms with Crippen LogP contribution in [-0.4, -0.2) is 34.9 Å². The van der Waals surface area contributed by atoms with Crippen molar-refractivity contribution >= 4 is 11.8 Å². The zero-order valence-electron chi connectivity index (χ0n) is 12.4. The molecule has 0 amide bonds. The van der Waals surface area contributed by atoms with E-state index in [9.17, 15) is 5.11 Å². The summed E-state index contributed by atoms with van der Waals surface area (Å²) in [4.78, 5) is 0. The minimum Gasteiger partial charge on any atom is -0.393 e. The zero-order valence-corrected chi connectivity index (χ0v) is 13.2. The summed E-state index contributed by atoms with van der Waals surface area (Å²) in [6.45, 7) is 5.54. The molecule has 2 heterocycles. The van der Waals surface area contributed by atoms with Crippen LogP contribution in [0.25, 0.3) is 0 Å². The van der Waals surface area contributed by atoms with Crippen LogP contribution in [0.5, 0.6) is 0 Å². The van der Waals surface area contributed by atoms with Gasteiger partial charge in [-0.15, -0.1) is 0 Å². The van der Waals surface area contributed by atoms with Gasteiger partial charge >= 0.3 is 0 Å². The second-order valence-corrected chi connectivity index (χ2v) is 8.67. The number of ether oxygens (including phenoxy) is 1. The van der Waals surface area contributed by atoms with E-state index in [1.807, 2.05) is 11.8 Å². The van der Waals surface area contributed by atoms with Gasteiger partial charge in [0.15, 0.2) is 0 Å². The molecule has 1 spiro atoms. The molecule has 19 heavy (non-hydrogen) atoms. The van der Waals surface area contributed by atoms with Crippen LogP contribution in [0.3, 0.4) is 0 Å². The topological polar surface area (TPSA) is 29.5 Å². The van der Waals surface area contributed by atoms with Crippen LogP contribution in [0.4, 0.5) is 0 Å². The molecule has 0 radical (unpaired) electrons. The van der Waals surface area contributed by atoms with Crippen LogP contribution in [0.2, 0.25) is 0 Å². The highest BCUT2D eigenvalue weighted by atomic mass is 32.2. The highest BCUT2D eigenvalue weighted by Gasteiger charge is 2.47. The summed E-state index contributed by atoms with van der Waals surface area (Å²) in [7, 11) is 0. The van der Waals surface area contributed by atoms with E-state index in [1.165, 1.54) is 31.4 Å². The molecule has 3 aliphatic rings. The van der Waals surface area contributed by atoms with Crippen LogP contribution in [0.1, 0.15) is 52.4 Å². The smallest absolute Gasteiger partial charge is 0.0783 e. The highest BCUT2D eigenvalue weighted by Crippen LogP contribution is 2.49. The van der Waals surface area contributed by atoms with E-state index in [2.05, 4.69) is 13.8 Å². The summed E-state index contributed by atoms with van der Waals surface area (Å²) in [6.07, 6.45) is 7.01. The Hall–Kier alpha value is 0.270. The van der Waals surface area contributed by atoms with Gasteiger partial charge in [0.25, 0.3) is 0 Å². The molecule has 1 N–H and O–H groups in total. The van der Waals surface area contributed by atoms with Gasteiger partial charge in [-0.1, -0.05) is 20.3 Å². The number of aliphatic hydroxyl groups is 1. The molecule has 2 saturated heterocycles. The average Bonchev–Trinajstić information content (AvgIpc) is 2.95. The summed E-state index contributed by atoms with van der Waals surface area (Å²) in [5, 5.41) is 10.9. The van der Waals surface area contributed by atoms with Crippen molar-refractivity contribution in [2.24, 2.45) is 17.3 Å². The lowest BCUT2D eigenvalue weighted by Crippen LogP contribution is -2.46. The number of aliphatic hydroxyl groups excluding tert-OH is 1. The van der Waals surface area contributed by atoms with Crippen LogP contribution in [0, 0.1) is 17.3 Å². The summed E-state index contributed by atoms with van der Waals surface area (Å²) in [5.74, 6) is 3.35. The Morgan fingerprint density at radius 1 is 1.26 bits per heavy atom. The minimum atomic E-state index is -0.108. The quantitative estimate of drug-likeness (QED) is 0.842. The van der Waals surface area contributed by atoms with Crippen molar-refractivity contribution in [3.63, 3.8) is 0 Å². The second-order valence-electron chi connectivity index (χ2n) is 7.56. The van der Waals surface area contributed by atoms with E-state index in [0.717, 1.165) is 25.2 Å². The number of rotatable bonds is 2. The Kier molecular flexibility index (Phi) is 3.92. The molecular formula is C16H28O2S. The normalized spacial score (nSPS) is 43.7. The van der Waals surface area contributed by atoms with Crippen molar-refractivity contribution in [1.29, 1.82) is 0 Å². The lowest BCUT2D eigenvalue weighted by molar-refractivity contribution is -0.115. The first-order chi connectivity index (χ1) is 9.03. The largest absolute Gasteiger partial charge is 0.393 e. The minimum absolute atomic E-state index is 0.108. The summed E-state index contributed by atoms with van der Waals surface area (Å²) in [6, 6.07) is 0. The third kappa shape index (κ3) is 2.71. The maximum atomic E-state index is 10.9. The van der Waals surface area contributed by atoms with Gasteiger partial charge in [0.2, 0.25) is 0 Å². The molecule has 0 aromatic heterocycles. The molecule has 2 nitrogen and oxygen atoms in total. The molecule has 1 saturated carbocycles. The van der Waals surface area contributed by atoms with Crippen LogP contribution in [0.15, 0.2) is 0 Å². The lowest BCUT2D eigenvalue weighted by atomic mass is 9.71. The van der Waals surface area contributed by atoms with Gasteiger partial charge in [-0.2, -0.15) is 11.8 Å². The maximum absolute atomic E-state index is 10.9. The van der Waals surface area contributed by atoms with Crippen molar-refractivity contribution in [2.75, 3.05) is 18.1 Å². The van der Waals surface area contributed by atoms with Crippen molar-refractivity contribution < 1.29 is 9.84 Å². The van der Waals surface area contributed by atoms with Gasteiger partial charge in [0.05, 0.1) is 11.7 Å². The molecule has 0 aromatic rings. The SMILES string of the molecule is CC1(C)CCCC1C(O)C1CCOC2(CCSC2)C1. The molecule has 1 aliphatic carbocycles. The van der Waals surface area contributed by atoms with Crippen molar-refractivity contribution in [1.82, 2.24) is 0 Å². The van der Waals surface area contributed by atoms with E-state index < -0.39 is 0 Å². The number of thioether (sulfide) groups is 1. The van der Waals surface area contributed by atoms with E-state index in [-0.39, 0.29) is 11.7 Å². The van der Waals surface area contributed by atoms with Gasteiger partial charge in [0.1, 0.15) is 0 Å². The molecule has 3 fully saturated rings. The standard InChI is InChI=1S/C16H28O2S/c1-15(2)6-3-4-13(15)14(17)12-5-8-18-16(10-12)7-9-19-11-16/h12-14,17H,3-11H2,1-2H3. The maximum Gasteiger partial charge on any atom is 0.0783 e. The first-order valence-electron chi connectivity index (χ1n) is 7.92. The zero-order chi connectivity index (χ0) is 13.5. The first-order valence-corrected chi connectivity index (χ1v) is 9.08. The molecule has 0 bridgehead atoms. The third-order valence-corrected chi connectivity index (χ3v) is 7.06. The van der Waals surface area contributed by atoms with Gasteiger partial charge in [-0.3, -0.25) is 0 Å². The monoisotopic (exact) mass is 284 g/mol. The van der Waals surface area contributed by atoms with Gasteiger partial charge in [-0.25, -0.2) is 0 Å². The van der Waals surface area contributed by atoms with Gasteiger partial charge < -0.3 is 9.84 Å². The molecule has 3 heteroatoms. The molecule has 2 aliphatic heterocycles.